The van der Waals surface area contributed by atoms with Gasteiger partial charge >= 0.3 is 6.03 Å². The third kappa shape index (κ3) is 2.82. The molecule has 2 aromatic carbocycles. The maximum absolute atomic E-state index is 13.2. The van der Waals surface area contributed by atoms with Gasteiger partial charge in [0.05, 0.1) is 4.92 Å². The van der Waals surface area contributed by atoms with Crippen molar-refractivity contribution in [1.29, 1.82) is 0 Å². The van der Waals surface area contributed by atoms with Gasteiger partial charge in [0.25, 0.3) is 17.5 Å². The molecule has 1 aliphatic rings. The quantitative estimate of drug-likeness (QED) is 0.374. The number of hydrogen-bond donors (Lipinski definition) is 1. The number of barbiturate groups is 1. The minimum absolute atomic E-state index is 0.0268. The van der Waals surface area contributed by atoms with E-state index in [2.05, 4.69) is 5.32 Å². The first-order valence-corrected chi connectivity index (χ1v) is 8.37. The van der Waals surface area contributed by atoms with E-state index in [0.29, 0.717) is 10.5 Å². The third-order valence-electron chi connectivity index (χ3n) is 4.70. The van der Waals surface area contributed by atoms with Gasteiger partial charge in [-0.15, -0.1) is 0 Å². The molecule has 1 unspecified atom stereocenters. The first-order valence-electron chi connectivity index (χ1n) is 8.37. The summed E-state index contributed by atoms with van der Waals surface area (Å²) in [5, 5.41) is 12.8. The van der Waals surface area contributed by atoms with Gasteiger partial charge in [-0.1, -0.05) is 37.3 Å². The van der Waals surface area contributed by atoms with E-state index in [1.165, 1.54) is 0 Å². The Morgan fingerprint density at radius 2 is 1.68 bits per heavy atom. The molecule has 1 saturated heterocycles. The van der Waals surface area contributed by atoms with Crippen molar-refractivity contribution in [1.82, 2.24) is 10.2 Å². The molecule has 0 bridgehead atoms. The number of nitrogens with one attached hydrogen (secondary N) is 1. The van der Waals surface area contributed by atoms with Gasteiger partial charge in [-0.2, -0.15) is 4.90 Å². The number of carbonyl (C=O) groups excluding carboxylic acids is 4. The Kier molecular flexibility index (Phi) is 4.74. The molecule has 0 saturated carbocycles. The van der Waals surface area contributed by atoms with Crippen molar-refractivity contribution in [2.45, 2.75) is 18.8 Å². The number of hydrogen-bond acceptors (Lipinski definition) is 6. The van der Waals surface area contributed by atoms with E-state index in [9.17, 15) is 29.3 Å². The maximum atomic E-state index is 13.2. The lowest BCUT2D eigenvalue weighted by molar-refractivity contribution is -0.384. The highest BCUT2D eigenvalue weighted by Gasteiger charge is 2.55. The molecule has 1 N–H and O–H groups in total. The molecule has 1 aliphatic heterocycles. The van der Waals surface area contributed by atoms with Crippen molar-refractivity contribution in [2.75, 3.05) is 0 Å². The van der Waals surface area contributed by atoms with Crippen LogP contribution in [-0.2, 0) is 15.0 Å². The van der Waals surface area contributed by atoms with E-state index >= 15 is 0 Å². The highest BCUT2D eigenvalue weighted by Crippen LogP contribution is 2.34. The maximum Gasteiger partial charge on any atom is 0.338 e. The van der Waals surface area contributed by atoms with Crippen LogP contribution >= 0.6 is 0 Å². The Balaban J connectivity index is 2.04. The number of amides is 5. The molecule has 5 amide bonds. The molecule has 2 aromatic rings. The van der Waals surface area contributed by atoms with Crippen LogP contribution in [0.2, 0.25) is 0 Å². The molecule has 0 spiro atoms. The normalized spacial score (nSPS) is 19.3. The summed E-state index contributed by atoms with van der Waals surface area (Å²) in [5.41, 5.74) is -1.71. The van der Waals surface area contributed by atoms with E-state index in [-0.39, 0.29) is 17.7 Å². The number of benzene rings is 2. The smallest absolute Gasteiger partial charge is 0.276 e. The van der Waals surface area contributed by atoms with Crippen LogP contribution in [0.15, 0.2) is 54.6 Å². The number of non-ortho nitro benzene ring substituents is 1. The number of imide groups is 4. The topological polar surface area (TPSA) is 127 Å². The fraction of sp³-hybridized carbons (Fsp3) is 0.158. The summed E-state index contributed by atoms with van der Waals surface area (Å²) in [6, 6.07) is 11.5. The Labute approximate surface area is 159 Å². The lowest BCUT2D eigenvalue weighted by Gasteiger charge is -2.38. The predicted octanol–water partition coefficient (Wildman–Crippen LogP) is 2.16. The Bertz CT molecular complexity index is 986. The monoisotopic (exact) mass is 381 g/mol. The average Bonchev–Trinajstić information content (AvgIpc) is 2.69. The number of nitro benzene ring substituents is 1. The summed E-state index contributed by atoms with van der Waals surface area (Å²) in [5.74, 6) is -2.74. The minimum Gasteiger partial charge on any atom is -0.276 e. The Morgan fingerprint density at radius 3 is 2.21 bits per heavy atom. The molecule has 9 nitrogen and oxygen atoms in total. The van der Waals surface area contributed by atoms with E-state index in [0.717, 1.165) is 24.3 Å². The molecule has 9 heteroatoms. The molecule has 0 aromatic heterocycles. The fourth-order valence-corrected chi connectivity index (χ4v) is 3.17. The largest absolute Gasteiger partial charge is 0.338 e. The van der Waals surface area contributed by atoms with E-state index in [1.54, 1.807) is 37.3 Å². The standard InChI is InChI=1S/C19H15N3O6/c1-2-19(13-6-4-3-5-7-13)16(24)20-18(26)21(17(19)25)15(23)12-8-10-14(11-9-12)22(27)28/h3-11H,2H2,1H3,(H,20,24,26). The van der Waals surface area contributed by atoms with Crippen LogP contribution in [0.1, 0.15) is 29.3 Å². The van der Waals surface area contributed by atoms with Crippen LogP contribution in [0, 0.1) is 10.1 Å². The van der Waals surface area contributed by atoms with Gasteiger partial charge in [-0.05, 0) is 24.1 Å². The number of nitrogens with zero attached hydrogens (tertiary/aromatic N) is 2. The van der Waals surface area contributed by atoms with Crippen molar-refractivity contribution in [3.05, 3.63) is 75.8 Å². The molecule has 1 heterocycles. The summed E-state index contributed by atoms with van der Waals surface area (Å²) >= 11 is 0. The van der Waals surface area contributed by atoms with E-state index in [1.807, 2.05) is 0 Å². The van der Waals surface area contributed by atoms with Crippen molar-refractivity contribution in [3.63, 3.8) is 0 Å². The first-order chi connectivity index (χ1) is 13.3. The highest BCUT2D eigenvalue weighted by atomic mass is 16.6. The zero-order valence-electron chi connectivity index (χ0n) is 14.7. The zero-order valence-corrected chi connectivity index (χ0v) is 14.7. The summed E-state index contributed by atoms with van der Waals surface area (Å²) in [6.07, 6.45) is 0.0268. The van der Waals surface area contributed by atoms with Crippen LogP contribution in [0.25, 0.3) is 0 Å². The van der Waals surface area contributed by atoms with E-state index < -0.39 is 34.1 Å². The highest BCUT2D eigenvalue weighted by molar-refractivity contribution is 6.30. The number of rotatable bonds is 4. The Hall–Kier alpha value is -3.88. The molecular weight excluding hydrogens is 366 g/mol. The van der Waals surface area contributed by atoms with Gasteiger partial charge in [0.2, 0.25) is 5.91 Å². The van der Waals surface area contributed by atoms with Crippen molar-refractivity contribution in [2.24, 2.45) is 0 Å². The van der Waals surface area contributed by atoms with Crippen LogP contribution in [-0.4, -0.2) is 33.6 Å². The minimum atomic E-state index is -1.73. The first kappa shape index (κ1) is 18.9. The molecule has 142 valence electrons. The van der Waals surface area contributed by atoms with Gasteiger partial charge < -0.3 is 0 Å². The van der Waals surface area contributed by atoms with Crippen LogP contribution in [0.4, 0.5) is 10.5 Å². The Morgan fingerprint density at radius 1 is 1.07 bits per heavy atom. The number of nitro groups is 1. The molecule has 3 rings (SSSR count). The second-order valence-electron chi connectivity index (χ2n) is 6.13. The van der Waals surface area contributed by atoms with Gasteiger partial charge in [-0.25, -0.2) is 4.79 Å². The summed E-state index contributed by atoms with van der Waals surface area (Å²) in [4.78, 5) is 61.4. The van der Waals surface area contributed by atoms with Gasteiger partial charge in [0.15, 0.2) is 5.41 Å². The lowest BCUT2D eigenvalue weighted by atomic mass is 9.74. The van der Waals surface area contributed by atoms with Gasteiger partial charge in [-0.3, -0.25) is 29.8 Å². The third-order valence-corrected chi connectivity index (χ3v) is 4.70. The van der Waals surface area contributed by atoms with Crippen molar-refractivity contribution < 1.29 is 24.1 Å². The van der Waals surface area contributed by atoms with Crippen LogP contribution < -0.4 is 5.32 Å². The molecular formula is C19H15N3O6. The zero-order chi connectivity index (χ0) is 20.5. The fourth-order valence-electron chi connectivity index (χ4n) is 3.17. The van der Waals surface area contributed by atoms with Crippen molar-refractivity contribution in [3.8, 4) is 0 Å². The van der Waals surface area contributed by atoms with Crippen LogP contribution in [0.3, 0.4) is 0 Å². The molecule has 1 fully saturated rings. The number of carbonyl (C=O) groups is 4. The summed E-state index contributed by atoms with van der Waals surface area (Å²) in [6.45, 7) is 1.61. The predicted molar refractivity (Wildman–Crippen MR) is 96.2 cm³/mol. The summed E-state index contributed by atoms with van der Waals surface area (Å²) in [7, 11) is 0. The molecule has 0 radical (unpaired) electrons. The second-order valence-corrected chi connectivity index (χ2v) is 6.13. The molecule has 1 atom stereocenters. The second kappa shape index (κ2) is 7.03. The average molecular weight is 381 g/mol. The number of urea groups is 1. The molecule has 28 heavy (non-hydrogen) atoms. The van der Waals surface area contributed by atoms with Crippen LogP contribution in [0.5, 0.6) is 0 Å². The molecule has 0 aliphatic carbocycles. The van der Waals surface area contributed by atoms with Crippen molar-refractivity contribution >= 4 is 29.4 Å². The van der Waals surface area contributed by atoms with Gasteiger partial charge in [0.1, 0.15) is 0 Å². The SMILES string of the molecule is CCC1(c2ccccc2)C(=O)NC(=O)N(C(=O)c2ccc([N+](=O)[O-])cc2)C1=O. The summed E-state index contributed by atoms with van der Waals surface area (Å²) < 4.78 is 0. The lowest BCUT2D eigenvalue weighted by Crippen LogP contribution is -2.67. The van der Waals surface area contributed by atoms with E-state index in [4.69, 9.17) is 0 Å². The van der Waals surface area contributed by atoms with Gasteiger partial charge in [0, 0.05) is 17.7 Å².